The van der Waals surface area contributed by atoms with Crippen molar-refractivity contribution in [3.63, 3.8) is 0 Å². The van der Waals surface area contributed by atoms with Gasteiger partial charge >= 0.3 is 6.18 Å². The summed E-state index contributed by atoms with van der Waals surface area (Å²) in [6.45, 7) is 0. The van der Waals surface area contributed by atoms with Crippen molar-refractivity contribution in [3.05, 3.63) is 35.4 Å². The van der Waals surface area contributed by atoms with Gasteiger partial charge in [-0.2, -0.15) is 23.3 Å². The maximum Gasteiger partial charge on any atom is 0.417 e. The molecule has 10 heteroatoms. The van der Waals surface area contributed by atoms with Crippen LogP contribution in [0, 0.1) is 0 Å². The fourth-order valence-electron chi connectivity index (χ4n) is 1.57. The Morgan fingerprint density at radius 2 is 1.95 bits per heavy atom. The summed E-state index contributed by atoms with van der Waals surface area (Å²) in [6.07, 6.45) is -2.12. The Labute approximate surface area is 125 Å². The van der Waals surface area contributed by atoms with Gasteiger partial charge in [-0.3, -0.25) is 5.10 Å². The minimum atomic E-state index is -4.41. The number of alkyl halides is 3. The molecule has 0 saturated heterocycles. The molecule has 0 saturated carbocycles. The summed E-state index contributed by atoms with van der Waals surface area (Å²) in [5.41, 5.74) is -0.356. The van der Waals surface area contributed by atoms with E-state index in [9.17, 15) is 13.2 Å². The number of H-pyrrole nitrogens is 1. The van der Waals surface area contributed by atoms with Gasteiger partial charge in [0.05, 0.1) is 17.1 Å². The van der Waals surface area contributed by atoms with E-state index < -0.39 is 11.7 Å². The average Bonchev–Trinajstić information content (AvgIpc) is 2.86. The minimum Gasteiger partial charge on any atom is -0.261 e. The Bertz CT molecular complexity index is 787. The molecule has 0 fully saturated rings. The molecular weight excluding hydrogens is 327 g/mol. The molecule has 3 heterocycles. The number of hydrogen-bond acceptors (Lipinski definition) is 5. The summed E-state index contributed by atoms with van der Waals surface area (Å²) in [6, 6.07) is 2.24. The SMILES string of the molecule is FC(F)(F)c1ccc(Sc2nc(Cl)nc3[nH]ncc23)nc1. The number of aromatic amines is 1. The average molecular weight is 332 g/mol. The maximum atomic E-state index is 12.5. The van der Waals surface area contributed by atoms with E-state index >= 15 is 0 Å². The van der Waals surface area contributed by atoms with Crippen molar-refractivity contribution >= 4 is 34.4 Å². The topological polar surface area (TPSA) is 67.3 Å². The van der Waals surface area contributed by atoms with Crippen molar-refractivity contribution in [2.45, 2.75) is 16.2 Å². The van der Waals surface area contributed by atoms with Crippen molar-refractivity contribution in [1.82, 2.24) is 25.1 Å². The molecule has 0 aliphatic heterocycles. The van der Waals surface area contributed by atoms with Crippen LogP contribution >= 0.6 is 23.4 Å². The molecule has 0 aromatic carbocycles. The van der Waals surface area contributed by atoms with Gasteiger partial charge in [0.15, 0.2) is 5.65 Å². The fraction of sp³-hybridized carbons (Fsp3) is 0.0909. The van der Waals surface area contributed by atoms with Crippen LogP contribution in [-0.2, 0) is 6.18 Å². The number of nitrogens with one attached hydrogen (secondary N) is 1. The largest absolute Gasteiger partial charge is 0.417 e. The Hall–Kier alpha value is -1.87. The Morgan fingerprint density at radius 1 is 1.14 bits per heavy atom. The molecule has 0 spiro atoms. The van der Waals surface area contributed by atoms with Crippen molar-refractivity contribution in [2.24, 2.45) is 0 Å². The second-order valence-electron chi connectivity index (χ2n) is 3.92. The van der Waals surface area contributed by atoms with E-state index in [1.807, 2.05) is 0 Å². The van der Waals surface area contributed by atoms with Crippen LogP contribution < -0.4 is 0 Å². The smallest absolute Gasteiger partial charge is 0.261 e. The molecule has 0 atom stereocenters. The number of aromatic nitrogens is 5. The Balaban J connectivity index is 1.93. The summed E-state index contributed by atoms with van der Waals surface area (Å²) >= 11 is 6.86. The number of halogens is 4. The summed E-state index contributed by atoms with van der Waals surface area (Å²) in [7, 11) is 0. The van der Waals surface area contributed by atoms with Crippen molar-refractivity contribution in [2.75, 3.05) is 0 Å². The molecule has 1 N–H and O–H groups in total. The van der Waals surface area contributed by atoms with Crippen LogP contribution in [0.4, 0.5) is 13.2 Å². The molecule has 0 bridgehead atoms. The van der Waals surface area contributed by atoms with E-state index in [0.29, 0.717) is 21.1 Å². The highest BCUT2D eigenvalue weighted by molar-refractivity contribution is 7.99. The quantitative estimate of drug-likeness (QED) is 0.574. The summed E-state index contributed by atoms with van der Waals surface area (Å²) < 4.78 is 37.4. The monoisotopic (exact) mass is 331 g/mol. The highest BCUT2D eigenvalue weighted by Crippen LogP contribution is 2.33. The lowest BCUT2D eigenvalue weighted by Gasteiger charge is -2.06. The van der Waals surface area contributed by atoms with Crippen LogP contribution in [0.15, 0.2) is 34.6 Å². The van der Waals surface area contributed by atoms with Gasteiger partial charge < -0.3 is 0 Å². The lowest BCUT2D eigenvalue weighted by atomic mass is 10.3. The maximum absolute atomic E-state index is 12.5. The molecule has 3 aromatic heterocycles. The van der Waals surface area contributed by atoms with Crippen molar-refractivity contribution in [3.8, 4) is 0 Å². The van der Waals surface area contributed by atoms with E-state index in [-0.39, 0.29) is 5.28 Å². The third-order valence-corrected chi connectivity index (χ3v) is 3.64. The van der Waals surface area contributed by atoms with E-state index in [1.165, 1.54) is 12.3 Å². The Morgan fingerprint density at radius 3 is 2.62 bits per heavy atom. The predicted octanol–water partition coefficient (Wildman–Crippen LogP) is 3.57. The van der Waals surface area contributed by atoms with Crippen LogP contribution in [0.2, 0.25) is 5.28 Å². The number of nitrogens with zero attached hydrogens (tertiary/aromatic N) is 4. The third kappa shape index (κ3) is 2.93. The second-order valence-corrected chi connectivity index (χ2v) is 5.26. The molecule has 0 unspecified atom stereocenters. The second kappa shape index (κ2) is 5.15. The van der Waals surface area contributed by atoms with Crippen LogP contribution in [0.3, 0.4) is 0 Å². The highest BCUT2D eigenvalue weighted by Gasteiger charge is 2.30. The Kier molecular flexibility index (Phi) is 3.46. The number of fused-ring (bicyclic) bond motifs is 1. The molecule has 0 amide bonds. The van der Waals surface area contributed by atoms with Gasteiger partial charge in [-0.05, 0) is 35.5 Å². The van der Waals surface area contributed by atoms with E-state index in [1.54, 1.807) is 0 Å². The molecule has 5 nitrogen and oxygen atoms in total. The number of pyridine rings is 1. The van der Waals surface area contributed by atoms with Gasteiger partial charge in [0, 0.05) is 6.20 Å². The fourth-order valence-corrected chi connectivity index (χ4v) is 2.62. The lowest BCUT2D eigenvalue weighted by Crippen LogP contribution is -2.05. The number of hydrogen-bond donors (Lipinski definition) is 1. The van der Waals surface area contributed by atoms with Crippen LogP contribution in [0.1, 0.15) is 5.56 Å². The molecule has 0 radical (unpaired) electrons. The van der Waals surface area contributed by atoms with Gasteiger partial charge in [0.1, 0.15) is 10.1 Å². The van der Waals surface area contributed by atoms with Crippen LogP contribution in [0.5, 0.6) is 0 Å². The zero-order valence-electron chi connectivity index (χ0n) is 10.0. The highest BCUT2D eigenvalue weighted by atomic mass is 35.5. The first kappa shape index (κ1) is 14.1. The van der Waals surface area contributed by atoms with E-state index in [0.717, 1.165) is 24.0 Å². The van der Waals surface area contributed by atoms with Gasteiger partial charge in [0.25, 0.3) is 0 Å². The lowest BCUT2D eigenvalue weighted by molar-refractivity contribution is -0.137. The summed E-state index contributed by atoms with van der Waals surface area (Å²) in [4.78, 5) is 11.7. The van der Waals surface area contributed by atoms with Gasteiger partial charge in [-0.1, -0.05) is 0 Å². The van der Waals surface area contributed by atoms with Crippen molar-refractivity contribution in [1.29, 1.82) is 0 Å². The third-order valence-electron chi connectivity index (χ3n) is 2.51. The zero-order valence-corrected chi connectivity index (χ0v) is 11.6. The molecule has 0 aliphatic rings. The molecule has 108 valence electrons. The van der Waals surface area contributed by atoms with Gasteiger partial charge in [-0.25, -0.2) is 9.97 Å². The number of rotatable bonds is 2. The first-order valence-electron chi connectivity index (χ1n) is 5.51. The first-order chi connectivity index (χ1) is 9.93. The molecule has 0 aliphatic carbocycles. The van der Waals surface area contributed by atoms with Crippen LogP contribution in [0.25, 0.3) is 11.0 Å². The molecule has 21 heavy (non-hydrogen) atoms. The van der Waals surface area contributed by atoms with Crippen molar-refractivity contribution < 1.29 is 13.2 Å². The molecule has 3 rings (SSSR count). The predicted molar refractivity (Wildman–Crippen MR) is 70.1 cm³/mol. The zero-order chi connectivity index (χ0) is 15.0. The minimum absolute atomic E-state index is 0.0150. The van der Waals surface area contributed by atoms with E-state index in [2.05, 4.69) is 25.1 Å². The first-order valence-corrected chi connectivity index (χ1v) is 6.70. The summed E-state index contributed by atoms with van der Waals surface area (Å²) in [5, 5.41) is 7.93. The van der Waals surface area contributed by atoms with Crippen LogP contribution in [-0.4, -0.2) is 25.1 Å². The normalized spacial score (nSPS) is 12.0. The molecule has 3 aromatic rings. The van der Waals surface area contributed by atoms with Gasteiger partial charge in [-0.15, -0.1) is 0 Å². The van der Waals surface area contributed by atoms with E-state index in [4.69, 9.17) is 11.6 Å². The summed E-state index contributed by atoms with van der Waals surface area (Å²) in [5.74, 6) is 0. The standard InChI is InChI=1S/C11H5ClF3N5S/c12-10-18-8-6(4-17-20-8)9(19-10)21-7-2-1-5(3-16-7)11(13,14)15/h1-4H,(H,17,18,19,20). The molecular formula is C11H5ClF3N5S. The van der Waals surface area contributed by atoms with Gasteiger partial charge in [0.2, 0.25) is 5.28 Å².